The average Bonchev–Trinajstić information content (AvgIpc) is 3.50. The number of oxime groups is 1. The number of likely N-dealkylation sites (tertiary alicyclic amines) is 1. The second-order valence-corrected chi connectivity index (χ2v) is 12.5. The van der Waals surface area contributed by atoms with Gasteiger partial charge in [-0.3, -0.25) is 14.5 Å². The van der Waals surface area contributed by atoms with Crippen molar-refractivity contribution in [1.29, 1.82) is 0 Å². The number of hydrogen-bond donors (Lipinski definition) is 2. The normalized spacial score (nSPS) is 23.4. The molecule has 234 valence electrons. The summed E-state index contributed by atoms with van der Waals surface area (Å²) in [5.41, 5.74) is 4.63. The topological polar surface area (TPSA) is 119 Å². The van der Waals surface area contributed by atoms with Crippen LogP contribution in [0.3, 0.4) is 0 Å². The summed E-state index contributed by atoms with van der Waals surface area (Å²) in [5.74, 6) is -0.692. The quantitative estimate of drug-likeness (QED) is 0.391. The number of carbonyl (C=O) groups excluding carboxylic acids is 3. The van der Waals surface area contributed by atoms with Crippen LogP contribution in [0.25, 0.3) is 11.1 Å². The molecule has 4 aliphatic rings. The van der Waals surface area contributed by atoms with Crippen molar-refractivity contribution in [3.63, 3.8) is 0 Å². The summed E-state index contributed by atoms with van der Waals surface area (Å²) >= 11 is 0. The zero-order valence-corrected chi connectivity index (χ0v) is 25.7. The lowest BCUT2D eigenvalue weighted by molar-refractivity contribution is -0.135. The largest absolute Gasteiger partial charge is 0.448 e. The Morgan fingerprint density at radius 2 is 1.75 bits per heavy atom. The van der Waals surface area contributed by atoms with Crippen LogP contribution >= 0.6 is 0 Å². The van der Waals surface area contributed by atoms with Gasteiger partial charge in [0.1, 0.15) is 12.6 Å². The van der Waals surface area contributed by atoms with E-state index in [4.69, 9.17) is 14.3 Å². The minimum Gasteiger partial charge on any atom is -0.448 e. The third-order valence-corrected chi connectivity index (χ3v) is 9.30. The molecule has 3 amide bonds. The van der Waals surface area contributed by atoms with Gasteiger partial charge < -0.3 is 24.9 Å². The van der Waals surface area contributed by atoms with Crippen LogP contribution in [0.1, 0.15) is 75.8 Å². The predicted octanol–water partition coefficient (Wildman–Crippen LogP) is 4.51. The molecule has 44 heavy (non-hydrogen) atoms. The van der Waals surface area contributed by atoms with E-state index in [1.807, 2.05) is 38.1 Å². The Hall–Kier alpha value is -3.92. The first-order valence-corrected chi connectivity index (χ1v) is 15.9. The van der Waals surface area contributed by atoms with E-state index in [9.17, 15) is 14.4 Å². The first-order valence-electron chi connectivity index (χ1n) is 15.9. The van der Waals surface area contributed by atoms with E-state index in [0.29, 0.717) is 12.8 Å². The minimum atomic E-state index is -0.847. The predicted molar refractivity (Wildman–Crippen MR) is 165 cm³/mol. The molecule has 1 saturated heterocycles. The number of fused-ring (bicyclic) bond motifs is 3. The van der Waals surface area contributed by atoms with Crippen LogP contribution < -0.4 is 10.6 Å². The molecule has 1 spiro atoms. The average molecular weight is 603 g/mol. The number of methoxy groups -OCH3 is 1. The molecular formula is C34H42N4O6. The Morgan fingerprint density at radius 1 is 1.07 bits per heavy atom. The molecular weight excluding hydrogens is 560 g/mol. The van der Waals surface area contributed by atoms with Gasteiger partial charge in [-0.2, -0.15) is 0 Å². The van der Waals surface area contributed by atoms with E-state index in [-0.39, 0.29) is 43.3 Å². The third kappa shape index (κ3) is 5.92. The van der Waals surface area contributed by atoms with Crippen molar-refractivity contribution in [3.05, 3.63) is 59.7 Å². The van der Waals surface area contributed by atoms with Gasteiger partial charge in [0.25, 0.3) is 5.91 Å². The van der Waals surface area contributed by atoms with Crippen molar-refractivity contribution in [3.8, 4) is 11.1 Å². The molecule has 10 heteroatoms. The number of nitrogens with one attached hydrogen (secondary N) is 2. The number of carbonyl (C=O) groups is 3. The van der Waals surface area contributed by atoms with Crippen LogP contribution in [0.15, 0.2) is 53.7 Å². The van der Waals surface area contributed by atoms with E-state index in [1.54, 1.807) is 0 Å². The second-order valence-electron chi connectivity index (χ2n) is 12.5. The molecule has 10 nitrogen and oxygen atoms in total. The molecule has 2 aromatic rings. The molecule has 2 heterocycles. The van der Waals surface area contributed by atoms with E-state index in [1.165, 1.54) is 12.0 Å². The van der Waals surface area contributed by atoms with E-state index in [0.717, 1.165) is 53.6 Å². The first kappa shape index (κ1) is 30.1. The summed E-state index contributed by atoms with van der Waals surface area (Å²) < 4.78 is 11.6. The maximum absolute atomic E-state index is 14.0. The molecule has 2 fully saturated rings. The standard InChI is InChI=1S/C34H42N4O6/c1-4-10-28(30(42-3)32(40)35-22-15-16-22)36-31(39)29-18-34(17-21(5-2)37-44-34)20-38(29)33(41)43-19-27-25-13-8-6-11-23(25)24-12-7-9-14-26(24)27/h6-9,11-14,22,27-30H,4-5,10,15-20H2,1-3H3,(H,35,40)(H,36,39)/t28-,29-,30?,34+/m0/s1. The fourth-order valence-electron chi connectivity index (χ4n) is 6.89. The molecule has 1 unspecified atom stereocenters. The van der Waals surface area contributed by atoms with E-state index >= 15 is 0 Å². The Kier molecular flexibility index (Phi) is 8.62. The number of rotatable bonds is 11. The zero-order valence-electron chi connectivity index (χ0n) is 25.7. The summed E-state index contributed by atoms with van der Waals surface area (Å²) in [4.78, 5) is 48.1. The fourth-order valence-corrected chi connectivity index (χ4v) is 6.89. The molecule has 2 aromatic carbocycles. The lowest BCUT2D eigenvalue weighted by atomic mass is 9.93. The zero-order chi connectivity index (χ0) is 30.8. The molecule has 1 saturated carbocycles. The summed E-state index contributed by atoms with van der Waals surface area (Å²) in [6.45, 7) is 4.34. The Labute approximate surface area is 258 Å². The van der Waals surface area contributed by atoms with Crippen LogP contribution in [0.2, 0.25) is 0 Å². The lowest BCUT2D eigenvalue weighted by Crippen LogP contribution is -2.55. The molecule has 2 aliphatic carbocycles. The number of ether oxygens (including phenoxy) is 2. The Balaban J connectivity index is 1.19. The van der Waals surface area contributed by atoms with Crippen molar-refractivity contribution < 1.29 is 28.7 Å². The minimum absolute atomic E-state index is 0.102. The maximum atomic E-state index is 14.0. The summed E-state index contributed by atoms with van der Waals surface area (Å²) in [7, 11) is 1.48. The summed E-state index contributed by atoms with van der Waals surface area (Å²) in [6, 6.07) is 15.1. The lowest BCUT2D eigenvalue weighted by Gasteiger charge is -2.29. The highest BCUT2D eigenvalue weighted by Gasteiger charge is 2.54. The highest BCUT2D eigenvalue weighted by Crippen LogP contribution is 2.45. The SMILES string of the molecule is CCC[C@H](NC(=O)[C@@H]1C[C@]2(CC(CC)=NO2)CN1C(=O)OCC1c2ccccc2-c2ccccc21)C(OC)C(=O)NC1CC1. The fraction of sp³-hybridized carbons (Fsp3) is 0.529. The van der Waals surface area contributed by atoms with Gasteiger partial charge in [-0.05, 0) is 47.9 Å². The molecule has 0 bridgehead atoms. The van der Waals surface area contributed by atoms with Gasteiger partial charge in [0.05, 0.1) is 18.3 Å². The first-order chi connectivity index (χ1) is 21.4. The van der Waals surface area contributed by atoms with Gasteiger partial charge in [0.15, 0.2) is 11.7 Å². The summed E-state index contributed by atoms with van der Waals surface area (Å²) in [6.07, 6.45) is 3.34. The van der Waals surface area contributed by atoms with Crippen molar-refractivity contribution in [2.75, 3.05) is 20.3 Å². The molecule has 2 N–H and O–H groups in total. The van der Waals surface area contributed by atoms with Gasteiger partial charge in [-0.15, -0.1) is 0 Å². The monoisotopic (exact) mass is 602 g/mol. The Bertz CT molecular complexity index is 1390. The maximum Gasteiger partial charge on any atom is 0.410 e. The third-order valence-electron chi connectivity index (χ3n) is 9.30. The van der Waals surface area contributed by atoms with Gasteiger partial charge >= 0.3 is 6.09 Å². The van der Waals surface area contributed by atoms with Gasteiger partial charge in [0, 0.05) is 31.9 Å². The van der Waals surface area contributed by atoms with Crippen LogP contribution in [-0.2, 0) is 23.9 Å². The van der Waals surface area contributed by atoms with Gasteiger partial charge in [-0.1, -0.05) is 74.0 Å². The molecule has 6 rings (SSSR count). The summed E-state index contributed by atoms with van der Waals surface area (Å²) in [5, 5.41) is 10.3. The van der Waals surface area contributed by atoms with Crippen LogP contribution in [0, 0.1) is 0 Å². The van der Waals surface area contributed by atoms with E-state index in [2.05, 4.69) is 40.1 Å². The van der Waals surface area contributed by atoms with Gasteiger partial charge in [0.2, 0.25) is 5.91 Å². The van der Waals surface area contributed by atoms with Crippen molar-refractivity contribution >= 4 is 23.6 Å². The molecule has 4 atom stereocenters. The van der Waals surface area contributed by atoms with Crippen molar-refractivity contribution in [2.24, 2.45) is 5.16 Å². The molecule has 0 aromatic heterocycles. The second kappa shape index (κ2) is 12.6. The number of benzene rings is 2. The number of hydrogen-bond acceptors (Lipinski definition) is 7. The van der Waals surface area contributed by atoms with Crippen molar-refractivity contribution in [2.45, 2.75) is 94.5 Å². The highest BCUT2D eigenvalue weighted by atomic mass is 16.7. The van der Waals surface area contributed by atoms with Crippen LogP contribution in [0.5, 0.6) is 0 Å². The Morgan fingerprint density at radius 3 is 2.34 bits per heavy atom. The number of amides is 3. The van der Waals surface area contributed by atoms with Crippen LogP contribution in [-0.4, -0.2) is 78.6 Å². The molecule has 2 aliphatic heterocycles. The number of nitrogens with zero attached hydrogens (tertiary/aromatic N) is 2. The highest BCUT2D eigenvalue weighted by molar-refractivity contribution is 5.90. The smallest absolute Gasteiger partial charge is 0.410 e. The molecule has 0 radical (unpaired) electrons. The van der Waals surface area contributed by atoms with Crippen molar-refractivity contribution in [1.82, 2.24) is 15.5 Å². The van der Waals surface area contributed by atoms with Gasteiger partial charge in [-0.25, -0.2) is 4.79 Å². The van der Waals surface area contributed by atoms with E-state index < -0.39 is 29.9 Å². The van der Waals surface area contributed by atoms with Crippen LogP contribution in [0.4, 0.5) is 4.79 Å².